The lowest BCUT2D eigenvalue weighted by atomic mass is 9.66. The zero-order valence-corrected chi connectivity index (χ0v) is 15.5. The summed E-state index contributed by atoms with van der Waals surface area (Å²) in [7, 11) is 0. The Morgan fingerprint density at radius 2 is 1.08 bits per heavy atom. The molecule has 0 aromatic heterocycles. The van der Waals surface area contributed by atoms with Crippen LogP contribution in [0.2, 0.25) is 0 Å². The van der Waals surface area contributed by atoms with Crippen molar-refractivity contribution in [2.45, 2.75) is 96.3 Å². The van der Waals surface area contributed by atoms with E-state index in [1.807, 2.05) is 0 Å². The molecule has 142 valence electrons. The Morgan fingerprint density at radius 3 is 1.44 bits per heavy atom. The second-order valence-corrected chi connectivity index (χ2v) is 8.19. The number of carboxylic acid groups (broad SMARTS) is 2. The normalized spacial score (nSPS) is 20.8. The van der Waals surface area contributed by atoms with Crippen molar-refractivity contribution in [1.82, 2.24) is 0 Å². The molecule has 0 saturated heterocycles. The van der Waals surface area contributed by atoms with Gasteiger partial charge in [-0.2, -0.15) is 0 Å². The van der Waals surface area contributed by atoms with Crippen molar-refractivity contribution < 1.29 is 19.8 Å². The third kappa shape index (κ3) is 5.32. The summed E-state index contributed by atoms with van der Waals surface area (Å²) in [6.45, 7) is 0. The summed E-state index contributed by atoms with van der Waals surface area (Å²) in [5.74, 6) is -1.19. The van der Waals surface area contributed by atoms with Gasteiger partial charge in [0.25, 0.3) is 0 Å². The Labute approximate surface area is 151 Å². The maximum Gasteiger partial charge on any atom is 0.309 e. The SMILES string of the molecule is O=C(O)C1(CCCCC=CCCCCCC2(C(=O)O)CCC2)CCC1. The van der Waals surface area contributed by atoms with Crippen molar-refractivity contribution in [3.63, 3.8) is 0 Å². The van der Waals surface area contributed by atoms with Gasteiger partial charge in [-0.1, -0.05) is 44.3 Å². The third-order valence-corrected chi connectivity index (χ3v) is 6.50. The molecule has 2 rings (SSSR count). The summed E-state index contributed by atoms with van der Waals surface area (Å²) in [5.41, 5.74) is -0.777. The molecule has 4 nitrogen and oxygen atoms in total. The average molecular weight is 350 g/mol. The van der Waals surface area contributed by atoms with E-state index < -0.39 is 17.4 Å². The van der Waals surface area contributed by atoms with E-state index in [4.69, 9.17) is 0 Å². The molecule has 0 aliphatic heterocycles. The van der Waals surface area contributed by atoms with Crippen molar-refractivity contribution in [3.05, 3.63) is 12.2 Å². The second-order valence-electron chi connectivity index (χ2n) is 8.19. The molecule has 2 N–H and O–H groups in total. The fourth-order valence-corrected chi connectivity index (χ4v) is 4.21. The fraction of sp³-hybridized carbons (Fsp3) is 0.810. The van der Waals surface area contributed by atoms with Gasteiger partial charge in [0.1, 0.15) is 0 Å². The first kappa shape index (κ1) is 20.0. The summed E-state index contributed by atoms with van der Waals surface area (Å²) in [6.07, 6.45) is 19.2. The van der Waals surface area contributed by atoms with E-state index in [0.29, 0.717) is 0 Å². The summed E-state index contributed by atoms with van der Waals surface area (Å²) >= 11 is 0. The maximum absolute atomic E-state index is 11.3. The van der Waals surface area contributed by atoms with Crippen LogP contribution in [0.3, 0.4) is 0 Å². The maximum atomic E-state index is 11.3. The lowest BCUT2D eigenvalue weighted by Crippen LogP contribution is -2.37. The minimum Gasteiger partial charge on any atom is -0.481 e. The minimum atomic E-state index is -0.596. The molecule has 0 amide bonds. The molecule has 2 aliphatic rings. The smallest absolute Gasteiger partial charge is 0.309 e. The molecule has 25 heavy (non-hydrogen) atoms. The number of allylic oxidation sites excluding steroid dienone is 2. The number of carboxylic acids is 2. The predicted molar refractivity (Wildman–Crippen MR) is 98.5 cm³/mol. The second kappa shape index (κ2) is 9.40. The first-order chi connectivity index (χ1) is 12.0. The van der Waals surface area contributed by atoms with Crippen LogP contribution in [0.5, 0.6) is 0 Å². The molecule has 2 aliphatic carbocycles. The van der Waals surface area contributed by atoms with Crippen molar-refractivity contribution in [2.75, 3.05) is 0 Å². The summed E-state index contributed by atoms with van der Waals surface area (Å²) in [6, 6.07) is 0. The minimum absolute atomic E-state index is 0.385. The van der Waals surface area contributed by atoms with E-state index in [-0.39, 0.29) is 5.41 Å². The number of rotatable bonds is 13. The van der Waals surface area contributed by atoms with E-state index >= 15 is 0 Å². The van der Waals surface area contributed by atoms with Gasteiger partial charge in [0.15, 0.2) is 0 Å². The monoisotopic (exact) mass is 350 g/mol. The molecule has 0 heterocycles. The topological polar surface area (TPSA) is 74.6 Å². The molecular formula is C21H34O4. The summed E-state index contributed by atoms with van der Waals surface area (Å²) in [4.78, 5) is 22.5. The fourth-order valence-electron chi connectivity index (χ4n) is 4.21. The Morgan fingerprint density at radius 1 is 0.680 bits per heavy atom. The number of hydrogen-bond acceptors (Lipinski definition) is 2. The van der Waals surface area contributed by atoms with Crippen LogP contribution in [-0.2, 0) is 9.59 Å². The van der Waals surface area contributed by atoms with Gasteiger partial charge in [-0.05, 0) is 64.2 Å². The zero-order chi connectivity index (χ0) is 18.2. The number of aliphatic carboxylic acids is 2. The lowest BCUT2D eigenvalue weighted by molar-refractivity contribution is -0.156. The number of hydrogen-bond donors (Lipinski definition) is 2. The van der Waals surface area contributed by atoms with Crippen LogP contribution < -0.4 is 0 Å². The van der Waals surface area contributed by atoms with Crippen molar-refractivity contribution in [3.8, 4) is 0 Å². The molecule has 2 fully saturated rings. The van der Waals surface area contributed by atoms with E-state index in [1.54, 1.807) is 0 Å². The van der Waals surface area contributed by atoms with Gasteiger partial charge in [0, 0.05) is 0 Å². The summed E-state index contributed by atoms with van der Waals surface area (Å²) in [5, 5.41) is 18.6. The van der Waals surface area contributed by atoms with Crippen LogP contribution in [0.25, 0.3) is 0 Å². The van der Waals surface area contributed by atoms with E-state index in [9.17, 15) is 19.8 Å². The highest BCUT2D eigenvalue weighted by Crippen LogP contribution is 2.46. The average Bonchev–Trinajstić information content (AvgIpc) is 2.48. The molecule has 2 saturated carbocycles. The van der Waals surface area contributed by atoms with E-state index in [2.05, 4.69) is 12.2 Å². The van der Waals surface area contributed by atoms with Gasteiger partial charge in [0.05, 0.1) is 10.8 Å². The molecule has 0 bridgehead atoms. The molecule has 0 aromatic rings. The molecule has 0 atom stereocenters. The Bertz CT molecular complexity index is 472. The van der Waals surface area contributed by atoms with Gasteiger partial charge in [0.2, 0.25) is 0 Å². The van der Waals surface area contributed by atoms with Gasteiger partial charge < -0.3 is 10.2 Å². The lowest BCUT2D eigenvalue weighted by Gasteiger charge is -2.37. The molecule has 0 radical (unpaired) electrons. The highest BCUT2D eigenvalue weighted by molar-refractivity contribution is 5.76. The Balaban J connectivity index is 1.43. The van der Waals surface area contributed by atoms with Crippen LogP contribution in [-0.4, -0.2) is 22.2 Å². The van der Waals surface area contributed by atoms with E-state index in [0.717, 1.165) is 96.3 Å². The largest absolute Gasteiger partial charge is 0.481 e. The highest BCUT2D eigenvalue weighted by Gasteiger charge is 2.44. The summed E-state index contributed by atoms with van der Waals surface area (Å²) < 4.78 is 0. The standard InChI is InChI=1S/C21H34O4/c22-18(23)20(14-10-15-20)12-8-6-4-2-1-3-5-7-9-13-21(19(24)25)16-11-17-21/h1-2H,3-17H2,(H,22,23)(H,24,25). The van der Waals surface area contributed by atoms with Crippen molar-refractivity contribution in [2.24, 2.45) is 10.8 Å². The van der Waals surface area contributed by atoms with Crippen LogP contribution in [0.15, 0.2) is 12.2 Å². The molecule has 4 heteroatoms. The van der Waals surface area contributed by atoms with Gasteiger partial charge in [-0.15, -0.1) is 0 Å². The van der Waals surface area contributed by atoms with Crippen LogP contribution in [0.4, 0.5) is 0 Å². The van der Waals surface area contributed by atoms with E-state index in [1.165, 1.54) is 0 Å². The number of carbonyl (C=O) groups is 2. The van der Waals surface area contributed by atoms with Gasteiger partial charge in [-0.25, -0.2) is 0 Å². The molecule has 0 unspecified atom stereocenters. The van der Waals surface area contributed by atoms with Crippen LogP contribution >= 0.6 is 0 Å². The van der Waals surface area contributed by atoms with Crippen molar-refractivity contribution >= 4 is 11.9 Å². The van der Waals surface area contributed by atoms with Gasteiger partial charge >= 0.3 is 11.9 Å². The Hall–Kier alpha value is -1.32. The molecule has 0 aromatic carbocycles. The third-order valence-electron chi connectivity index (χ3n) is 6.50. The quantitative estimate of drug-likeness (QED) is 0.337. The first-order valence-electron chi connectivity index (χ1n) is 10.1. The van der Waals surface area contributed by atoms with Crippen molar-refractivity contribution in [1.29, 1.82) is 0 Å². The zero-order valence-electron chi connectivity index (χ0n) is 15.5. The molecule has 0 spiro atoms. The van der Waals surface area contributed by atoms with Gasteiger partial charge in [-0.3, -0.25) is 9.59 Å². The molecular weight excluding hydrogens is 316 g/mol. The highest BCUT2D eigenvalue weighted by atomic mass is 16.4. The van der Waals surface area contributed by atoms with Crippen LogP contribution in [0, 0.1) is 10.8 Å². The first-order valence-corrected chi connectivity index (χ1v) is 10.1. The van der Waals surface area contributed by atoms with Crippen LogP contribution in [0.1, 0.15) is 96.3 Å². The Kier molecular flexibility index (Phi) is 7.52. The predicted octanol–water partition coefficient (Wildman–Crippen LogP) is 5.56. The number of unbranched alkanes of at least 4 members (excludes halogenated alkanes) is 5.